The van der Waals surface area contributed by atoms with E-state index in [0.29, 0.717) is 0 Å². The van der Waals surface area contributed by atoms with Crippen LogP contribution in [0.4, 0.5) is 0 Å². The van der Waals surface area contributed by atoms with Gasteiger partial charge in [0.1, 0.15) is 0 Å². The molecule has 5 aliphatic rings. The predicted molar refractivity (Wildman–Crippen MR) is 134 cm³/mol. The normalized spacial score (nSPS) is 46.0. The smallest absolute Gasteiger partial charge is 0.0386 e. The molecule has 0 unspecified atom stereocenters. The summed E-state index contributed by atoms with van der Waals surface area (Å²) in [6, 6.07) is 0. The van der Waals surface area contributed by atoms with Crippen molar-refractivity contribution in [3.05, 3.63) is 0 Å². The summed E-state index contributed by atoms with van der Waals surface area (Å²) in [6.45, 7) is 2.48. The second-order valence-electron chi connectivity index (χ2n) is 13.4. The lowest BCUT2D eigenvalue weighted by molar-refractivity contribution is 0.0789. The van der Waals surface area contributed by atoms with Crippen molar-refractivity contribution in [2.75, 3.05) is 0 Å². The van der Waals surface area contributed by atoms with Crippen LogP contribution in [-0.4, -0.2) is 0 Å². The Hall–Kier alpha value is 0. The Morgan fingerprint density at radius 2 is 0.484 bits per heavy atom. The van der Waals surface area contributed by atoms with E-state index in [0.717, 1.165) is 53.3 Å². The fraction of sp³-hybridized carbons (Fsp3) is 1.00. The zero-order valence-electron chi connectivity index (χ0n) is 21.0. The summed E-state index contributed by atoms with van der Waals surface area (Å²) in [7, 11) is 0. The summed E-state index contributed by atoms with van der Waals surface area (Å²) in [5, 5.41) is 0. The zero-order valence-corrected chi connectivity index (χ0v) is 21.0. The van der Waals surface area contributed by atoms with Crippen LogP contribution in [0.25, 0.3) is 0 Å². The summed E-state index contributed by atoms with van der Waals surface area (Å²) in [6.07, 6.45) is 33.1. The summed E-state index contributed by atoms with van der Waals surface area (Å²) in [4.78, 5) is 0. The first-order valence-corrected chi connectivity index (χ1v) is 15.3. The highest BCUT2D eigenvalue weighted by Gasteiger charge is 2.37. The Balaban J connectivity index is 1.00. The Morgan fingerprint density at radius 1 is 0.258 bits per heavy atom. The number of hydrogen-bond donors (Lipinski definition) is 0. The second kappa shape index (κ2) is 11.0. The molecule has 0 atom stereocenters. The maximum absolute atomic E-state index is 2.48. The van der Waals surface area contributed by atoms with E-state index in [1.54, 1.807) is 103 Å². The van der Waals surface area contributed by atoms with E-state index in [1.165, 1.54) is 32.1 Å². The van der Waals surface area contributed by atoms with Crippen LogP contribution in [0.1, 0.15) is 142 Å². The van der Waals surface area contributed by atoms with Gasteiger partial charge in [-0.25, -0.2) is 0 Å². The Morgan fingerprint density at radius 3 is 0.774 bits per heavy atom. The first kappa shape index (κ1) is 22.8. The summed E-state index contributed by atoms with van der Waals surface area (Å²) >= 11 is 0. The molecule has 0 radical (unpaired) electrons. The molecule has 31 heavy (non-hydrogen) atoms. The van der Waals surface area contributed by atoms with Crippen molar-refractivity contribution in [2.24, 2.45) is 53.3 Å². The van der Waals surface area contributed by atoms with Gasteiger partial charge in [0, 0.05) is 0 Å². The minimum Gasteiger partial charge on any atom is -0.0625 e. The summed E-state index contributed by atoms with van der Waals surface area (Å²) in [5.74, 6) is 9.94. The standard InChI is InChI=1S/C31H54/c1-23-7-9-25(10-8-23)27-15-17-29(18-16-27)31-21-19-30(20-22-31)28-13-11-26(12-14-28)24-5-3-2-4-6-24/h23-31H,2-22H2,1H3. The van der Waals surface area contributed by atoms with Crippen molar-refractivity contribution in [2.45, 2.75) is 142 Å². The van der Waals surface area contributed by atoms with Gasteiger partial charge in [0.15, 0.2) is 0 Å². The molecule has 0 heteroatoms. The Labute approximate surface area is 195 Å². The second-order valence-corrected chi connectivity index (χ2v) is 13.4. The SMILES string of the molecule is CC1CCC(C2CCC(C3CCC(C4CCC(C5CCCCC5)CC4)CC3)CC2)CC1. The first-order valence-electron chi connectivity index (χ1n) is 15.3. The molecule has 0 nitrogen and oxygen atoms in total. The van der Waals surface area contributed by atoms with E-state index in [4.69, 9.17) is 0 Å². The average Bonchev–Trinajstić information content (AvgIpc) is 2.85. The van der Waals surface area contributed by atoms with E-state index in [1.807, 2.05) is 0 Å². The van der Waals surface area contributed by atoms with Crippen molar-refractivity contribution >= 4 is 0 Å². The van der Waals surface area contributed by atoms with Crippen LogP contribution in [0, 0.1) is 53.3 Å². The van der Waals surface area contributed by atoms with Crippen molar-refractivity contribution < 1.29 is 0 Å². The van der Waals surface area contributed by atoms with E-state index in [9.17, 15) is 0 Å². The summed E-state index contributed by atoms with van der Waals surface area (Å²) in [5.41, 5.74) is 0. The van der Waals surface area contributed by atoms with Crippen LogP contribution >= 0.6 is 0 Å². The Bertz CT molecular complexity index is 498. The maximum Gasteiger partial charge on any atom is -0.0386 e. The highest BCUT2D eigenvalue weighted by atomic mass is 14.4. The van der Waals surface area contributed by atoms with E-state index < -0.39 is 0 Å². The third-order valence-electron chi connectivity index (χ3n) is 11.8. The molecule has 5 fully saturated rings. The molecule has 0 aromatic rings. The Kier molecular flexibility index (Phi) is 8.05. The molecule has 0 aromatic carbocycles. The van der Waals surface area contributed by atoms with Crippen LogP contribution in [0.5, 0.6) is 0 Å². The molecule has 0 aromatic heterocycles. The molecule has 0 N–H and O–H groups in total. The molecule has 178 valence electrons. The first-order chi connectivity index (χ1) is 15.3. The van der Waals surface area contributed by atoms with Gasteiger partial charge in [-0.05, 0) is 143 Å². The van der Waals surface area contributed by atoms with E-state index >= 15 is 0 Å². The lowest BCUT2D eigenvalue weighted by Gasteiger charge is -2.43. The molecular formula is C31H54. The van der Waals surface area contributed by atoms with Crippen molar-refractivity contribution in [3.63, 3.8) is 0 Å². The fourth-order valence-electron chi connectivity index (χ4n) is 9.63. The molecule has 5 rings (SSSR count). The van der Waals surface area contributed by atoms with Crippen molar-refractivity contribution in [1.29, 1.82) is 0 Å². The quantitative estimate of drug-likeness (QED) is 0.419. The molecule has 0 spiro atoms. The van der Waals surface area contributed by atoms with Crippen LogP contribution in [0.2, 0.25) is 0 Å². The van der Waals surface area contributed by atoms with Gasteiger partial charge in [-0.2, -0.15) is 0 Å². The minimum absolute atomic E-state index is 1.02. The molecule has 0 bridgehead atoms. The van der Waals surface area contributed by atoms with Gasteiger partial charge in [0.25, 0.3) is 0 Å². The lowest BCUT2D eigenvalue weighted by Crippen LogP contribution is -2.32. The van der Waals surface area contributed by atoms with E-state index in [2.05, 4.69) is 6.92 Å². The molecule has 0 amide bonds. The summed E-state index contributed by atoms with van der Waals surface area (Å²) < 4.78 is 0. The number of rotatable bonds is 4. The minimum atomic E-state index is 1.02. The molecule has 5 saturated carbocycles. The predicted octanol–water partition coefficient (Wildman–Crippen LogP) is 9.81. The van der Waals surface area contributed by atoms with Crippen molar-refractivity contribution in [1.82, 2.24) is 0 Å². The molecular weight excluding hydrogens is 372 g/mol. The van der Waals surface area contributed by atoms with Crippen LogP contribution < -0.4 is 0 Å². The van der Waals surface area contributed by atoms with Gasteiger partial charge < -0.3 is 0 Å². The molecule has 0 saturated heterocycles. The largest absolute Gasteiger partial charge is 0.0625 e. The molecule has 5 aliphatic carbocycles. The fourth-order valence-corrected chi connectivity index (χ4v) is 9.63. The van der Waals surface area contributed by atoms with E-state index in [-0.39, 0.29) is 0 Å². The van der Waals surface area contributed by atoms with Gasteiger partial charge in [0.05, 0.1) is 0 Å². The topological polar surface area (TPSA) is 0 Å². The maximum atomic E-state index is 2.48. The van der Waals surface area contributed by atoms with Crippen LogP contribution in [-0.2, 0) is 0 Å². The highest BCUT2D eigenvalue weighted by molar-refractivity contribution is 4.88. The third-order valence-corrected chi connectivity index (χ3v) is 11.8. The van der Waals surface area contributed by atoms with Crippen molar-refractivity contribution in [3.8, 4) is 0 Å². The molecule has 0 aliphatic heterocycles. The monoisotopic (exact) mass is 426 g/mol. The van der Waals surface area contributed by atoms with Crippen LogP contribution in [0.15, 0.2) is 0 Å². The van der Waals surface area contributed by atoms with Gasteiger partial charge in [0.2, 0.25) is 0 Å². The number of hydrogen-bond acceptors (Lipinski definition) is 0. The zero-order chi connectivity index (χ0) is 21.0. The van der Waals surface area contributed by atoms with Gasteiger partial charge >= 0.3 is 0 Å². The highest BCUT2D eigenvalue weighted by Crippen LogP contribution is 2.49. The average molecular weight is 427 g/mol. The van der Waals surface area contributed by atoms with Gasteiger partial charge in [-0.1, -0.05) is 51.9 Å². The van der Waals surface area contributed by atoms with Gasteiger partial charge in [-0.15, -0.1) is 0 Å². The van der Waals surface area contributed by atoms with Crippen LogP contribution in [0.3, 0.4) is 0 Å². The molecule has 0 heterocycles. The third kappa shape index (κ3) is 5.74. The van der Waals surface area contributed by atoms with Gasteiger partial charge in [-0.3, -0.25) is 0 Å². The lowest BCUT2D eigenvalue weighted by atomic mass is 9.62.